The minimum atomic E-state index is -1.90. The Bertz CT molecular complexity index is 1310. The van der Waals surface area contributed by atoms with Gasteiger partial charge < -0.3 is 0 Å². The fraction of sp³-hybridized carbons (Fsp3) is 0.222. The standard InChI is InChI=1S/C27H30NSi/c1-19-16-20(2)21(3)26(17-19)27-25-13-12-24(18-22(25)14-15-28(27)4)29(5,6)23-10-8-7-9-11-23/h7-18H,1-6H3/q+1/i14D,15D. The Morgan fingerprint density at radius 2 is 1.59 bits per heavy atom. The summed E-state index contributed by atoms with van der Waals surface area (Å²) in [6.45, 7) is 11.1. The summed E-state index contributed by atoms with van der Waals surface area (Å²) in [5.41, 5.74) is 5.85. The van der Waals surface area contributed by atoms with E-state index in [1.807, 2.05) is 11.6 Å². The van der Waals surface area contributed by atoms with Gasteiger partial charge in [0.1, 0.15) is 16.5 Å². The Balaban J connectivity index is 2.03. The van der Waals surface area contributed by atoms with Gasteiger partial charge in [0.2, 0.25) is 5.69 Å². The second-order valence-electron chi connectivity index (χ2n) is 8.65. The summed E-state index contributed by atoms with van der Waals surface area (Å²) in [6.07, 6.45) is 0.248. The van der Waals surface area contributed by atoms with Gasteiger partial charge in [-0.05, 0) is 49.4 Å². The van der Waals surface area contributed by atoms with Crippen LogP contribution in [0.2, 0.25) is 13.1 Å². The van der Waals surface area contributed by atoms with Crippen molar-refractivity contribution in [2.45, 2.75) is 33.9 Å². The molecule has 0 aliphatic heterocycles. The number of nitrogens with zero attached hydrogens (tertiary/aromatic N) is 1. The third-order valence-corrected chi connectivity index (χ3v) is 9.78. The lowest BCUT2D eigenvalue weighted by molar-refractivity contribution is -0.659. The first-order valence-corrected chi connectivity index (χ1v) is 13.2. The Morgan fingerprint density at radius 3 is 2.31 bits per heavy atom. The van der Waals surface area contributed by atoms with Crippen molar-refractivity contribution in [1.29, 1.82) is 0 Å². The van der Waals surface area contributed by atoms with E-state index in [9.17, 15) is 0 Å². The van der Waals surface area contributed by atoms with Crippen LogP contribution in [0, 0.1) is 20.8 Å². The molecule has 4 rings (SSSR count). The van der Waals surface area contributed by atoms with E-state index in [1.54, 1.807) is 0 Å². The van der Waals surface area contributed by atoms with Crippen molar-refractivity contribution in [3.05, 3.63) is 89.6 Å². The van der Waals surface area contributed by atoms with Crippen LogP contribution in [0.25, 0.3) is 22.0 Å². The lowest BCUT2D eigenvalue weighted by Gasteiger charge is -2.24. The van der Waals surface area contributed by atoms with Gasteiger partial charge in [-0.25, -0.2) is 4.57 Å². The fourth-order valence-corrected chi connectivity index (χ4v) is 6.62. The molecule has 0 fully saturated rings. The molecule has 4 aromatic rings. The lowest BCUT2D eigenvalue weighted by Crippen LogP contribution is -2.52. The molecule has 1 heterocycles. The van der Waals surface area contributed by atoms with E-state index >= 15 is 0 Å². The summed E-state index contributed by atoms with van der Waals surface area (Å²) in [5.74, 6) is 0. The Hall–Kier alpha value is -2.71. The van der Waals surface area contributed by atoms with Crippen molar-refractivity contribution in [2.24, 2.45) is 7.05 Å². The molecule has 29 heavy (non-hydrogen) atoms. The maximum absolute atomic E-state index is 8.74. The molecule has 0 unspecified atom stereocenters. The Morgan fingerprint density at radius 1 is 0.862 bits per heavy atom. The highest BCUT2D eigenvalue weighted by Crippen LogP contribution is 2.30. The second kappa shape index (κ2) is 7.27. The monoisotopic (exact) mass is 398 g/mol. The molecule has 3 aromatic carbocycles. The summed E-state index contributed by atoms with van der Waals surface area (Å²) in [7, 11) is 0.00209. The van der Waals surface area contributed by atoms with E-state index < -0.39 is 8.07 Å². The first-order valence-electron chi connectivity index (χ1n) is 11.2. The zero-order chi connectivity index (χ0) is 22.5. The molecule has 0 saturated carbocycles. The molecule has 1 aromatic heterocycles. The summed E-state index contributed by atoms with van der Waals surface area (Å²) in [5, 5.41) is 4.57. The highest BCUT2D eigenvalue weighted by atomic mass is 28.3. The van der Waals surface area contributed by atoms with Crippen molar-refractivity contribution >= 4 is 29.2 Å². The predicted octanol–water partition coefficient (Wildman–Crippen LogP) is 5.08. The SMILES string of the molecule is [2H]c1c([2H])[n+](C)c(-c2cc(C)cc(C)c2C)c2ccc([Si](C)(C)c3ccccc3)cc12. The molecule has 2 heteroatoms. The Kier molecular flexibility index (Phi) is 4.31. The van der Waals surface area contributed by atoms with Crippen LogP contribution in [0.5, 0.6) is 0 Å². The normalized spacial score (nSPS) is 12.8. The van der Waals surface area contributed by atoms with Crippen LogP contribution in [0.4, 0.5) is 0 Å². The molecular formula is C27H30NSi+. The zero-order valence-electron chi connectivity index (χ0n) is 20.2. The molecule has 0 atom stereocenters. The number of aryl methyl sites for hydroxylation is 2. The molecule has 0 radical (unpaired) electrons. The molecule has 0 saturated heterocycles. The smallest absolute Gasteiger partial charge is 0.200 e. The first kappa shape index (κ1) is 17.2. The van der Waals surface area contributed by atoms with Gasteiger partial charge in [-0.1, -0.05) is 77.6 Å². The third kappa shape index (κ3) is 3.42. The maximum Gasteiger partial charge on any atom is 0.220 e. The van der Waals surface area contributed by atoms with Gasteiger partial charge in [0.25, 0.3) is 0 Å². The van der Waals surface area contributed by atoms with Gasteiger partial charge in [0.15, 0.2) is 6.17 Å². The van der Waals surface area contributed by atoms with Gasteiger partial charge in [-0.15, -0.1) is 0 Å². The highest BCUT2D eigenvalue weighted by Gasteiger charge is 2.27. The summed E-state index contributed by atoms with van der Waals surface area (Å²) in [4.78, 5) is 0. The summed E-state index contributed by atoms with van der Waals surface area (Å²) >= 11 is 0. The number of benzene rings is 3. The average molecular weight is 399 g/mol. The van der Waals surface area contributed by atoms with E-state index in [0.717, 1.165) is 22.0 Å². The van der Waals surface area contributed by atoms with Gasteiger partial charge in [0, 0.05) is 6.04 Å². The van der Waals surface area contributed by atoms with Crippen LogP contribution in [-0.4, -0.2) is 8.07 Å². The van der Waals surface area contributed by atoms with Crippen molar-refractivity contribution in [2.75, 3.05) is 0 Å². The maximum atomic E-state index is 8.74. The van der Waals surface area contributed by atoms with Crippen LogP contribution < -0.4 is 14.9 Å². The summed E-state index contributed by atoms with van der Waals surface area (Å²) < 4.78 is 19.3. The predicted molar refractivity (Wildman–Crippen MR) is 128 cm³/mol. The zero-order valence-corrected chi connectivity index (χ0v) is 19.2. The van der Waals surface area contributed by atoms with Crippen LogP contribution in [0.1, 0.15) is 19.4 Å². The van der Waals surface area contributed by atoms with Crippen LogP contribution in [0.3, 0.4) is 0 Å². The van der Waals surface area contributed by atoms with E-state index in [1.165, 1.54) is 27.1 Å². The molecule has 146 valence electrons. The molecule has 0 bridgehead atoms. The third-order valence-electron chi connectivity index (χ3n) is 6.25. The van der Waals surface area contributed by atoms with E-state index in [2.05, 4.69) is 94.5 Å². The van der Waals surface area contributed by atoms with Gasteiger partial charge in [0.05, 0.1) is 12.3 Å². The number of hydrogen-bond donors (Lipinski definition) is 0. The number of rotatable bonds is 3. The van der Waals surface area contributed by atoms with Crippen LogP contribution in [-0.2, 0) is 7.05 Å². The van der Waals surface area contributed by atoms with E-state index in [4.69, 9.17) is 2.74 Å². The highest BCUT2D eigenvalue weighted by molar-refractivity contribution is 7.00. The summed E-state index contributed by atoms with van der Waals surface area (Å²) in [6, 6.07) is 22.0. The molecule has 0 aliphatic rings. The molecule has 0 N–H and O–H groups in total. The molecular weight excluding hydrogens is 366 g/mol. The minimum Gasteiger partial charge on any atom is -0.200 e. The molecule has 0 amide bonds. The number of hydrogen-bond acceptors (Lipinski definition) is 0. The minimum absolute atomic E-state index is 0.248. The van der Waals surface area contributed by atoms with Crippen molar-refractivity contribution in [3.63, 3.8) is 0 Å². The number of fused-ring (bicyclic) bond motifs is 1. The molecule has 1 nitrogen and oxygen atoms in total. The van der Waals surface area contributed by atoms with Crippen molar-refractivity contribution in [1.82, 2.24) is 0 Å². The quantitative estimate of drug-likeness (QED) is 0.335. The van der Waals surface area contributed by atoms with Gasteiger partial charge >= 0.3 is 0 Å². The Labute approximate surface area is 178 Å². The largest absolute Gasteiger partial charge is 0.220 e. The fourth-order valence-electron chi connectivity index (χ4n) is 4.26. The topological polar surface area (TPSA) is 3.88 Å². The van der Waals surface area contributed by atoms with Crippen LogP contribution >= 0.6 is 0 Å². The van der Waals surface area contributed by atoms with Crippen molar-refractivity contribution < 1.29 is 7.31 Å². The number of pyridine rings is 1. The second-order valence-corrected chi connectivity index (χ2v) is 13.1. The molecule has 0 aliphatic carbocycles. The average Bonchev–Trinajstić information content (AvgIpc) is 2.76. The van der Waals surface area contributed by atoms with Gasteiger partial charge in [-0.3, -0.25) is 0 Å². The first-order chi connectivity index (χ1) is 14.6. The van der Waals surface area contributed by atoms with Gasteiger partial charge in [-0.2, -0.15) is 0 Å². The lowest BCUT2D eigenvalue weighted by atomic mass is 9.94. The number of aromatic nitrogens is 1. The molecule has 0 spiro atoms. The van der Waals surface area contributed by atoms with E-state index in [0.29, 0.717) is 6.04 Å². The van der Waals surface area contributed by atoms with Crippen molar-refractivity contribution in [3.8, 4) is 11.3 Å². The van der Waals surface area contributed by atoms with E-state index in [-0.39, 0.29) is 6.17 Å². The van der Waals surface area contributed by atoms with Crippen LogP contribution in [0.15, 0.2) is 72.9 Å².